The predicted octanol–water partition coefficient (Wildman–Crippen LogP) is 3.42. The first-order valence-corrected chi connectivity index (χ1v) is 10.6. The van der Waals surface area contributed by atoms with Crippen LogP contribution in [0.1, 0.15) is 48.3 Å². The minimum atomic E-state index is -1.36. The third kappa shape index (κ3) is 3.11. The third-order valence-corrected chi connectivity index (χ3v) is 6.34. The molecule has 7 nitrogen and oxygen atoms in total. The number of para-hydroxylation sites is 1. The molecule has 1 fully saturated rings. The van der Waals surface area contributed by atoms with Crippen LogP contribution in [0, 0.1) is 12.8 Å². The normalized spacial score (nSPS) is 20.8. The number of nitrogens with zero attached hydrogens (tertiary/aromatic N) is 3. The highest BCUT2D eigenvalue weighted by Gasteiger charge is 2.60. The monoisotopic (exact) mass is 412 g/mol. The summed E-state index contributed by atoms with van der Waals surface area (Å²) in [6.45, 7) is 6.46. The fourth-order valence-electron chi connectivity index (χ4n) is 4.08. The summed E-state index contributed by atoms with van der Waals surface area (Å²) in [5.41, 5.74) is -0.400. The van der Waals surface area contributed by atoms with Crippen LogP contribution in [-0.4, -0.2) is 39.8 Å². The van der Waals surface area contributed by atoms with Gasteiger partial charge in [0.1, 0.15) is 0 Å². The molecule has 2 aromatic rings. The number of aryl methyl sites for hydroxylation is 1. The Bertz CT molecular complexity index is 986. The van der Waals surface area contributed by atoms with Gasteiger partial charge in [0.15, 0.2) is 5.13 Å². The number of hydrogen-bond acceptors (Lipinski definition) is 5. The molecule has 1 N–H and O–H groups in total. The molecule has 1 aromatic carbocycles. The Morgan fingerprint density at radius 1 is 1.31 bits per heavy atom. The lowest BCUT2D eigenvalue weighted by Gasteiger charge is -2.49. The van der Waals surface area contributed by atoms with Gasteiger partial charge < -0.3 is 4.90 Å². The molecule has 0 saturated carbocycles. The standard InChI is InChI=1S/C21H24N4O3S/c1-13(2)9-11-24-18(27)15-6-4-5-7-16(15)25-17(26)8-10-21(24,25)19(28)23-20-22-12-14(3)29-20/h4-7,12-13H,8-11H2,1-3H3,(H,22,23,28). The van der Waals surface area contributed by atoms with Crippen LogP contribution in [0.15, 0.2) is 30.5 Å². The molecular weight excluding hydrogens is 388 g/mol. The predicted molar refractivity (Wildman–Crippen MR) is 112 cm³/mol. The highest BCUT2D eigenvalue weighted by Crippen LogP contribution is 2.45. The Labute approximate surface area is 173 Å². The number of hydrogen-bond donors (Lipinski definition) is 1. The molecule has 29 heavy (non-hydrogen) atoms. The Morgan fingerprint density at radius 2 is 2.07 bits per heavy atom. The summed E-state index contributed by atoms with van der Waals surface area (Å²) in [6, 6.07) is 7.03. The number of carbonyl (C=O) groups excluding carboxylic acids is 3. The second kappa shape index (κ2) is 7.26. The summed E-state index contributed by atoms with van der Waals surface area (Å²) in [5.74, 6) is -0.390. The van der Waals surface area contributed by atoms with E-state index >= 15 is 0 Å². The van der Waals surface area contributed by atoms with Gasteiger partial charge >= 0.3 is 0 Å². The average Bonchev–Trinajstić information content (AvgIpc) is 3.25. The second-order valence-electron chi connectivity index (χ2n) is 7.93. The van der Waals surface area contributed by atoms with E-state index in [0.717, 1.165) is 11.3 Å². The minimum absolute atomic E-state index is 0.148. The van der Waals surface area contributed by atoms with E-state index in [1.807, 2.05) is 6.92 Å². The van der Waals surface area contributed by atoms with Gasteiger partial charge in [-0.05, 0) is 31.4 Å². The Kier molecular flexibility index (Phi) is 4.90. The van der Waals surface area contributed by atoms with Gasteiger partial charge in [-0.15, -0.1) is 11.3 Å². The lowest BCUT2D eigenvalue weighted by molar-refractivity contribution is -0.129. The van der Waals surface area contributed by atoms with Gasteiger partial charge in [-0.2, -0.15) is 0 Å². The maximum Gasteiger partial charge on any atom is 0.273 e. The van der Waals surface area contributed by atoms with E-state index < -0.39 is 5.66 Å². The van der Waals surface area contributed by atoms with E-state index in [2.05, 4.69) is 24.1 Å². The summed E-state index contributed by atoms with van der Waals surface area (Å²) in [5, 5.41) is 3.33. The van der Waals surface area contributed by atoms with Gasteiger partial charge in [0, 0.05) is 30.5 Å². The number of anilines is 2. The molecule has 0 spiro atoms. The van der Waals surface area contributed by atoms with Crippen molar-refractivity contribution < 1.29 is 14.4 Å². The zero-order valence-corrected chi connectivity index (χ0v) is 17.6. The molecule has 3 amide bonds. The lowest BCUT2D eigenvalue weighted by Crippen LogP contribution is -2.69. The van der Waals surface area contributed by atoms with Crippen molar-refractivity contribution in [3.05, 3.63) is 40.9 Å². The summed E-state index contributed by atoms with van der Waals surface area (Å²) in [4.78, 5) is 48.3. The van der Waals surface area contributed by atoms with Crippen LogP contribution in [0.4, 0.5) is 10.8 Å². The van der Waals surface area contributed by atoms with Gasteiger partial charge in [0.2, 0.25) is 11.6 Å². The maximum atomic E-state index is 13.6. The molecular formula is C21H24N4O3S. The molecule has 1 atom stereocenters. The van der Waals surface area contributed by atoms with Crippen LogP contribution in [0.25, 0.3) is 0 Å². The van der Waals surface area contributed by atoms with Crippen LogP contribution in [0.3, 0.4) is 0 Å². The first kappa shape index (κ1) is 19.6. The lowest BCUT2D eigenvalue weighted by atomic mass is 9.94. The topological polar surface area (TPSA) is 82.6 Å². The molecule has 1 saturated heterocycles. The van der Waals surface area contributed by atoms with E-state index in [4.69, 9.17) is 0 Å². The second-order valence-corrected chi connectivity index (χ2v) is 9.17. The highest BCUT2D eigenvalue weighted by molar-refractivity contribution is 7.15. The summed E-state index contributed by atoms with van der Waals surface area (Å²) < 4.78 is 0. The van der Waals surface area contributed by atoms with Gasteiger partial charge in [-0.3, -0.25) is 24.6 Å². The number of benzene rings is 1. The molecule has 1 unspecified atom stereocenters. The molecule has 1 aromatic heterocycles. The molecule has 2 aliphatic rings. The Balaban J connectivity index is 1.82. The molecule has 152 valence electrons. The van der Waals surface area contributed by atoms with Crippen LogP contribution < -0.4 is 10.2 Å². The third-order valence-electron chi connectivity index (χ3n) is 5.51. The van der Waals surface area contributed by atoms with Crippen molar-refractivity contribution in [3.63, 3.8) is 0 Å². The quantitative estimate of drug-likeness (QED) is 0.816. The summed E-state index contributed by atoms with van der Waals surface area (Å²) >= 11 is 1.37. The van der Waals surface area contributed by atoms with E-state index in [9.17, 15) is 14.4 Å². The van der Waals surface area contributed by atoms with Crippen molar-refractivity contribution in [2.75, 3.05) is 16.8 Å². The Morgan fingerprint density at radius 3 is 2.76 bits per heavy atom. The van der Waals surface area contributed by atoms with Gasteiger partial charge in [-0.1, -0.05) is 26.0 Å². The number of nitrogens with one attached hydrogen (secondary N) is 1. The van der Waals surface area contributed by atoms with E-state index in [-0.39, 0.29) is 30.6 Å². The van der Waals surface area contributed by atoms with Crippen molar-refractivity contribution in [2.45, 2.75) is 45.7 Å². The van der Waals surface area contributed by atoms with Crippen LogP contribution in [0.2, 0.25) is 0 Å². The molecule has 3 heterocycles. The Hall–Kier alpha value is -2.74. The fourth-order valence-corrected chi connectivity index (χ4v) is 4.74. The SMILES string of the molecule is Cc1cnc(NC(=O)C23CCC(=O)N2c2ccccc2C(=O)N3CCC(C)C)s1. The fraction of sp³-hybridized carbons (Fsp3) is 0.429. The molecule has 2 aliphatic heterocycles. The molecule has 8 heteroatoms. The van der Waals surface area contributed by atoms with Crippen molar-refractivity contribution in [2.24, 2.45) is 5.92 Å². The first-order chi connectivity index (χ1) is 13.8. The number of rotatable bonds is 5. The average molecular weight is 413 g/mol. The van der Waals surface area contributed by atoms with E-state index in [1.54, 1.807) is 35.4 Å². The van der Waals surface area contributed by atoms with Crippen LogP contribution in [0.5, 0.6) is 0 Å². The molecule has 0 aliphatic carbocycles. The van der Waals surface area contributed by atoms with Crippen LogP contribution >= 0.6 is 11.3 Å². The number of thiazole rings is 1. The van der Waals surface area contributed by atoms with Gasteiger partial charge in [-0.25, -0.2) is 4.98 Å². The van der Waals surface area contributed by atoms with Crippen LogP contribution in [-0.2, 0) is 9.59 Å². The molecule has 0 radical (unpaired) electrons. The number of carbonyl (C=O) groups is 3. The number of aromatic nitrogens is 1. The smallest absolute Gasteiger partial charge is 0.273 e. The van der Waals surface area contributed by atoms with Gasteiger partial charge in [0.25, 0.3) is 11.8 Å². The van der Waals surface area contributed by atoms with Crippen molar-refractivity contribution in [1.82, 2.24) is 9.88 Å². The van der Waals surface area contributed by atoms with Crippen molar-refractivity contribution in [3.8, 4) is 0 Å². The van der Waals surface area contributed by atoms with E-state index in [0.29, 0.717) is 28.8 Å². The maximum absolute atomic E-state index is 13.6. The van der Waals surface area contributed by atoms with Crippen molar-refractivity contribution in [1.29, 1.82) is 0 Å². The number of amides is 3. The van der Waals surface area contributed by atoms with Crippen molar-refractivity contribution >= 4 is 39.9 Å². The largest absolute Gasteiger partial charge is 0.307 e. The molecule has 0 bridgehead atoms. The zero-order chi connectivity index (χ0) is 20.8. The molecule has 4 rings (SSSR count). The summed E-state index contributed by atoms with van der Waals surface area (Å²) in [7, 11) is 0. The highest BCUT2D eigenvalue weighted by atomic mass is 32.1. The zero-order valence-electron chi connectivity index (χ0n) is 16.8. The van der Waals surface area contributed by atoms with E-state index in [1.165, 1.54) is 16.2 Å². The summed E-state index contributed by atoms with van der Waals surface area (Å²) in [6.07, 6.45) is 2.90. The number of fused-ring (bicyclic) bond motifs is 3. The van der Waals surface area contributed by atoms with Gasteiger partial charge in [0.05, 0.1) is 11.3 Å². The minimum Gasteiger partial charge on any atom is -0.307 e. The first-order valence-electron chi connectivity index (χ1n) is 9.82.